The zero-order valence-corrected chi connectivity index (χ0v) is 9.65. The van der Waals surface area contributed by atoms with Gasteiger partial charge in [0.2, 0.25) is 5.78 Å². The Morgan fingerprint density at radius 2 is 1.71 bits per heavy atom. The lowest BCUT2D eigenvalue weighted by Crippen LogP contribution is -2.32. The van der Waals surface area contributed by atoms with Crippen molar-refractivity contribution >= 4 is 11.8 Å². The molecular weight excluding hydrogens is 216 g/mol. The van der Waals surface area contributed by atoms with Gasteiger partial charge in [-0.05, 0) is 24.3 Å². The lowest BCUT2D eigenvalue weighted by molar-refractivity contribution is -0.296. The van der Waals surface area contributed by atoms with Crippen LogP contribution in [0.2, 0.25) is 0 Å². The highest BCUT2D eigenvalue weighted by Crippen LogP contribution is 2.34. The molecule has 0 unspecified atom stereocenters. The minimum absolute atomic E-state index is 0.305. The largest absolute Gasteiger partial charge is 0.541 e. The summed E-state index contributed by atoms with van der Waals surface area (Å²) in [5.74, 6) is -2.19. The van der Waals surface area contributed by atoms with Gasteiger partial charge in [-0.2, -0.15) is 0 Å². The van der Waals surface area contributed by atoms with Crippen molar-refractivity contribution < 1.29 is 14.7 Å². The van der Waals surface area contributed by atoms with Crippen LogP contribution in [0, 0.1) is 0 Å². The van der Waals surface area contributed by atoms with E-state index in [1.54, 1.807) is 12.1 Å². The van der Waals surface area contributed by atoms with E-state index < -0.39 is 11.8 Å². The van der Waals surface area contributed by atoms with Crippen LogP contribution in [0.5, 0.6) is 0 Å². The molecule has 1 fully saturated rings. The number of rotatable bonds is 3. The molecule has 1 aromatic carbocycles. The highest BCUT2D eigenvalue weighted by atomic mass is 16.4. The van der Waals surface area contributed by atoms with E-state index in [1.807, 2.05) is 12.1 Å². The van der Waals surface area contributed by atoms with E-state index in [9.17, 15) is 14.7 Å². The normalized spacial score (nSPS) is 16.7. The maximum atomic E-state index is 11.5. The summed E-state index contributed by atoms with van der Waals surface area (Å²) >= 11 is 0. The standard InChI is InChI=1S/C14H16O3/c15-13(14(16)17)12-9-5-4-8-11(12)10-6-2-1-3-7-10/h4-5,8-10H,1-3,6-7H2,(H,16,17)/p-1. The predicted molar refractivity (Wildman–Crippen MR) is 61.6 cm³/mol. The third-order valence-corrected chi connectivity index (χ3v) is 3.44. The summed E-state index contributed by atoms with van der Waals surface area (Å²) in [4.78, 5) is 22.2. The first kappa shape index (κ1) is 11.8. The SMILES string of the molecule is O=C([O-])C(=O)c1ccccc1C1CCCCC1. The maximum Gasteiger partial charge on any atom is 0.208 e. The molecule has 3 heteroatoms. The molecular formula is C14H15O3-. The molecule has 90 valence electrons. The van der Waals surface area contributed by atoms with Crippen molar-refractivity contribution in [2.45, 2.75) is 38.0 Å². The summed E-state index contributed by atoms with van der Waals surface area (Å²) < 4.78 is 0. The lowest BCUT2D eigenvalue weighted by Gasteiger charge is -2.24. The Kier molecular flexibility index (Phi) is 3.57. The fourth-order valence-electron chi connectivity index (χ4n) is 2.58. The van der Waals surface area contributed by atoms with Gasteiger partial charge in [0.05, 0.1) is 0 Å². The summed E-state index contributed by atoms with van der Waals surface area (Å²) in [7, 11) is 0. The Morgan fingerprint density at radius 1 is 1.06 bits per heavy atom. The van der Waals surface area contributed by atoms with Crippen LogP contribution in [0.3, 0.4) is 0 Å². The van der Waals surface area contributed by atoms with E-state index in [4.69, 9.17) is 0 Å². The molecule has 0 heterocycles. The zero-order valence-electron chi connectivity index (χ0n) is 9.65. The van der Waals surface area contributed by atoms with Crippen LogP contribution < -0.4 is 5.11 Å². The van der Waals surface area contributed by atoms with Gasteiger partial charge in [0.1, 0.15) is 5.97 Å². The number of Topliss-reactive ketones (excluding diaryl/α,β-unsaturated/α-hetero) is 1. The van der Waals surface area contributed by atoms with E-state index in [1.165, 1.54) is 6.42 Å². The second-order valence-electron chi connectivity index (χ2n) is 4.54. The van der Waals surface area contributed by atoms with Gasteiger partial charge in [0, 0.05) is 5.56 Å². The van der Waals surface area contributed by atoms with Gasteiger partial charge in [0.15, 0.2) is 0 Å². The molecule has 0 atom stereocenters. The molecule has 1 aromatic rings. The first-order chi connectivity index (χ1) is 8.20. The summed E-state index contributed by atoms with van der Waals surface area (Å²) in [6.07, 6.45) is 5.61. The van der Waals surface area contributed by atoms with Gasteiger partial charge in [-0.3, -0.25) is 4.79 Å². The fraction of sp³-hybridized carbons (Fsp3) is 0.429. The minimum atomic E-state index is -1.62. The predicted octanol–water partition coefficient (Wildman–Crippen LogP) is 1.67. The number of hydrogen-bond donors (Lipinski definition) is 0. The summed E-state index contributed by atoms with van der Waals surface area (Å²) in [6.45, 7) is 0. The second kappa shape index (κ2) is 5.13. The smallest absolute Gasteiger partial charge is 0.208 e. The molecule has 1 saturated carbocycles. The quantitative estimate of drug-likeness (QED) is 0.587. The summed E-state index contributed by atoms with van der Waals surface area (Å²) in [6, 6.07) is 7.01. The average Bonchev–Trinajstić information content (AvgIpc) is 2.39. The van der Waals surface area contributed by atoms with Gasteiger partial charge in [0.25, 0.3) is 0 Å². The van der Waals surface area contributed by atoms with E-state index in [0.717, 1.165) is 31.2 Å². The number of ketones is 1. The molecule has 0 aliphatic heterocycles. The Morgan fingerprint density at radius 3 is 2.35 bits per heavy atom. The van der Waals surface area contributed by atoms with Crippen LogP contribution in [0.1, 0.15) is 53.9 Å². The fourth-order valence-corrected chi connectivity index (χ4v) is 2.58. The summed E-state index contributed by atoms with van der Waals surface area (Å²) in [5.41, 5.74) is 1.18. The molecule has 0 aromatic heterocycles. The van der Waals surface area contributed by atoms with Crippen molar-refractivity contribution in [3.8, 4) is 0 Å². The third kappa shape index (κ3) is 2.54. The lowest BCUT2D eigenvalue weighted by atomic mass is 9.81. The van der Waals surface area contributed by atoms with Gasteiger partial charge >= 0.3 is 0 Å². The van der Waals surface area contributed by atoms with Crippen molar-refractivity contribution in [1.82, 2.24) is 0 Å². The molecule has 0 amide bonds. The van der Waals surface area contributed by atoms with Crippen LogP contribution >= 0.6 is 0 Å². The molecule has 1 aliphatic carbocycles. The van der Waals surface area contributed by atoms with Crippen LogP contribution in [0.25, 0.3) is 0 Å². The molecule has 0 radical (unpaired) electrons. The molecule has 17 heavy (non-hydrogen) atoms. The monoisotopic (exact) mass is 231 g/mol. The Bertz CT molecular complexity index is 431. The molecule has 0 spiro atoms. The molecule has 0 N–H and O–H groups in total. The van der Waals surface area contributed by atoms with E-state index in [-0.39, 0.29) is 0 Å². The average molecular weight is 231 g/mol. The molecule has 1 aliphatic rings. The topological polar surface area (TPSA) is 57.2 Å². The van der Waals surface area contributed by atoms with E-state index in [2.05, 4.69) is 0 Å². The first-order valence-corrected chi connectivity index (χ1v) is 6.04. The minimum Gasteiger partial charge on any atom is -0.541 e. The van der Waals surface area contributed by atoms with Crippen molar-refractivity contribution in [2.24, 2.45) is 0 Å². The van der Waals surface area contributed by atoms with Crippen molar-refractivity contribution in [3.63, 3.8) is 0 Å². The highest BCUT2D eigenvalue weighted by molar-refractivity contribution is 6.39. The van der Waals surface area contributed by atoms with Crippen molar-refractivity contribution in [2.75, 3.05) is 0 Å². The Balaban J connectivity index is 2.32. The van der Waals surface area contributed by atoms with Crippen molar-refractivity contribution in [1.29, 1.82) is 0 Å². The number of aliphatic carboxylic acids is 1. The van der Waals surface area contributed by atoms with Crippen LogP contribution in [-0.4, -0.2) is 11.8 Å². The van der Waals surface area contributed by atoms with Gasteiger partial charge < -0.3 is 9.90 Å². The maximum absolute atomic E-state index is 11.5. The highest BCUT2D eigenvalue weighted by Gasteiger charge is 2.21. The summed E-state index contributed by atoms with van der Waals surface area (Å²) in [5, 5.41) is 10.7. The van der Waals surface area contributed by atoms with E-state index >= 15 is 0 Å². The molecule has 0 bridgehead atoms. The number of carbonyl (C=O) groups is 2. The van der Waals surface area contributed by atoms with E-state index in [0.29, 0.717) is 11.5 Å². The Hall–Kier alpha value is -1.64. The zero-order chi connectivity index (χ0) is 12.3. The van der Waals surface area contributed by atoms with Gasteiger partial charge in [-0.15, -0.1) is 0 Å². The van der Waals surface area contributed by atoms with Gasteiger partial charge in [-0.1, -0.05) is 43.5 Å². The number of benzene rings is 1. The number of hydrogen-bond acceptors (Lipinski definition) is 3. The third-order valence-electron chi connectivity index (χ3n) is 3.44. The Labute approximate surface area is 100 Å². The molecule has 0 saturated heterocycles. The van der Waals surface area contributed by atoms with Crippen molar-refractivity contribution in [3.05, 3.63) is 35.4 Å². The molecule has 3 nitrogen and oxygen atoms in total. The van der Waals surface area contributed by atoms with Crippen LogP contribution in [0.15, 0.2) is 24.3 Å². The second-order valence-corrected chi connectivity index (χ2v) is 4.54. The van der Waals surface area contributed by atoms with Crippen LogP contribution in [-0.2, 0) is 4.79 Å². The van der Waals surface area contributed by atoms with Gasteiger partial charge in [-0.25, -0.2) is 0 Å². The number of carboxylic acids is 1. The van der Waals surface area contributed by atoms with Crippen LogP contribution in [0.4, 0.5) is 0 Å². The first-order valence-electron chi connectivity index (χ1n) is 6.04. The number of carbonyl (C=O) groups excluding carboxylic acids is 2. The number of carboxylic acid groups (broad SMARTS) is 1. The molecule has 2 rings (SSSR count).